The van der Waals surface area contributed by atoms with Gasteiger partial charge in [0.05, 0.1) is 22.9 Å². The van der Waals surface area contributed by atoms with Crippen LogP contribution in [0.4, 0.5) is 0 Å². The molecule has 200 valence electrons. The first kappa shape index (κ1) is 26.6. The van der Waals surface area contributed by atoms with Crippen molar-refractivity contribution in [2.24, 2.45) is 0 Å². The van der Waals surface area contributed by atoms with Gasteiger partial charge >= 0.3 is 0 Å². The molecule has 1 atom stereocenters. The molecule has 1 amide bonds. The van der Waals surface area contributed by atoms with E-state index in [9.17, 15) is 13.2 Å². The Morgan fingerprint density at radius 2 is 1.67 bits per heavy atom. The number of aromatic nitrogens is 2. The second-order valence-electron chi connectivity index (χ2n) is 10.3. The molecule has 6 nitrogen and oxygen atoms in total. The largest absolute Gasteiger partial charge is 0.331 e. The fraction of sp³-hybridized carbons (Fsp3) is 0.250. The zero-order chi connectivity index (χ0) is 27.4. The SMILES string of the molecule is CC(C)c1ccc(CN(C(=O)/C=C/c2cn(-c3ccccc3)nc2-c2ccccc2)C2CCS(=O)(=O)C2)cc1. The number of rotatable bonds is 8. The third-order valence-electron chi connectivity index (χ3n) is 7.15. The number of para-hydroxylation sites is 1. The summed E-state index contributed by atoms with van der Waals surface area (Å²) in [6.07, 6.45) is 5.70. The van der Waals surface area contributed by atoms with E-state index in [0.29, 0.717) is 18.9 Å². The molecule has 1 aromatic heterocycles. The topological polar surface area (TPSA) is 72.3 Å². The van der Waals surface area contributed by atoms with E-state index in [1.165, 1.54) is 5.56 Å². The summed E-state index contributed by atoms with van der Waals surface area (Å²) in [5, 5.41) is 4.82. The van der Waals surface area contributed by atoms with Gasteiger partial charge in [0.25, 0.3) is 0 Å². The van der Waals surface area contributed by atoms with Gasteiger partial charge in [-0.05, 0) is 41.7 Å². The molecule has 39 heavy (non-hydrogen) atoms. The number of carbonyl (C=O) groups is 1. The summed E-state index contributed by atoms with van der Waals surface area (Å²) in [4.78, 5) is 15.3. The van der Waals surface area contributed by atoms with Crippen molar-refractivity contribution >= 4 is 21.8 Å². The first-order valence-corrected chi connectivity index (χ1v) is 15.1. The summed E-state index contributed by atoms with van der Waals surface area (Å²) in [6, 6.07) is 27.6. The maximum atomic E-state index is 13.6. The van der Waals surface area contributed by atoms with Gasteiger partial charge in [-0.2, -0.15) is 5.10 Å². The van der Waals surface area contributed by atoms with Crippen LogP contribution in [0.5, 0.6) is 0 Å². The molecule has 1 fully saturated rings. The molecule has 0 N–H and O–H groups in total. The van der Waals surface area contributed by atoms with Crippen LogP contribution in [0.25, 0.3) is 23.0 Å². The molecule has 1 aliphatic heterocycles. The van der Waals surface area contributed by atoms with Crippen LogP contribution >= 0.6 is 0 Å². The fourth-order valence-electron chi connectivity index (χ4n) is 4.91. The molecule has 2 heterocycles. The lowest BCUT2D eigenvalue weighted by molar-refractivity contribution is -0.128. The predicted molar refractivity (Wildman–Crippen MR) is 156 cm³/mol. The predicted octanol–water partition coefficient (Wildman–Crippen LogP) is 5.89. The minimum absolute atomic E-state index is 0.00212. The third-order valence-corrected chi connectivity index (χ3v) is 8.90. The van der Waals surface area contributed by atoms with Gasteiger partial charge < -0.3 is 4.90 Å². The standard InChI is InChI=1S/C32H33N3O3S/c1-24(2)26-15-13-25(14-16-26)21-34(30-19-20-39(37,38)23-30)31(36)18-17-28-22-35(29-11-7-4-8-12-29)33-32(28)27-9-5-3-6-10-27/h3-18,22,24,30H,19-21,23H2,1-2H3/b18-17+. The molecule has 4 aromatic rings. The monoisotopic (exact) mass is 539 g/mol. The average Bonchev–Trinajstić information content (AvgIpc) is 3.54. The normalized spacial score (nSPS) is 16.6. The number of amides is 1. The summed E-state index contributed by atoms with van der Waals surface area (Å²) in [6.45, 7) is 4.64. The molecule has 5 rings (SSSR count). The molecular formula is C32H33N3O3S. The van der Waals surface area contributed by atoms with E-state index < -0.39 is 9.84 Å². The number of nitrogens with zero attached hydrogens (tertiary/aromatic N) is 3. The van der Waals surface area contributed by atoms with Crippen molar-refractivity contribution in [3.63, 3.8) is 0 Å². The zero-order valence-corrected chi connectivity index (χ0v) is 23.1. The van der Waals surface area contributed by atoms with E-state index in [1.54, 1.807) is 17.1 Å². The van der Waals surface area contributed by atoms with Gasteiger partial charge in [-0.3, -0.25) is 4.79 Å². The Balaban J connectivity index is 1.46. The van der Waals surface area contributed by atoms with E-state index in [4.69, 9.17) is 5.10 Å². The van der Waals surface area contributed by atoms with Crippen LogP contribution in [-0.2, 0) is 21.2 Å². The molecule has 3 aromatic carbocycles. The van der Waals surface area contributed by atoms with Gasteiger partial charge in [0.1, 0.15) is 0 Å². The second-order valence-corrected chi connectivity index (χ2v) is 12.6. The fourth-order valence-corrected chi connectivity index (χ4v) is 6.64. The molecule has 0 spiro atoms. The molecule has 1 saturated heterocycles. The van der Waals surface area contributed by atoms with Gasteiger partial charge in [0, 0.05) is 36.0 Å². The van der Waals surface area contributed by atoms with Crippen molar-refractivity contribution in [1.82, 2.24) is 14.7 Å². The van der Waals surface area contributed by atoms with Crippen LogP contribution in [0.1, 0.15) is 42.9 Å². The molecule has 0 saturated carbocycles. The molecule has 0 aliphatic carbocycles. The van der Waals surface area contributed by atoms with Gasteiger partial charge in [-0.1, -0.05) is 86.6 Å². The molecule has 1 unspecified atom stereocenters. The number of hydrogen-bond donors (Lipinski definition) is 0. The summed E-state index contributed by atoms with van der Waals surface area (Å²) >= 11 is 0. The Kier molecular flexibility index (Phi) is 7.79. The summed E-state index contributed by atoms with van der Waals surface area (Å²) in [5.74, 6) is 0.309. The average molecular weight is 540 g/mol. The van der Waals surface area contributed by atoms with Crippen molar-refractivity contribution in [3.05, 3.63) is 114 Å². The maximum absolute atomic E-state index is 13.6. The van der Waals surface area contributed by atoms with Crippen molar-refractivity contribution in [1.29, 1.82) is 0 Å². The second kappa shape index (κ2) is 11.4. The molecule has 7 heteroatoms. The Labute approximate surface area is 230 Å². The van der Waals surface area contributed by atoms with E-state index in [0.717, 1.165) is 28.1 Å². The molecule has 0 radical (unpaired) electrons. The number of benzene rings is 3. The molecule has 1 aliphatic rings. The number of sulfone groups is 1. The van der Waals surface area contributed by atoms with Crippen molar-refractivity contribution in [3.8, 4) is 16.9 Å². The van der Waals surface area contributed by atoms with Crippen LogP contribution < -0.4 is 0 Å². The quantitative estimate of drug-likeness (QED) is 0.262. The van der Waals surface area contributed by atoms with Gasteiger partial charge in [0.2, 0.25) is 5.91 Å². The van der Waals surface area contributed by atoms with Crippen LogP contribution in [0.2, 0.25) is 0 Å². The number of hydrogen-bond acceptors (Lipinski definition) is 4. The van der Waals surface area contributed by atoms with Gasteiger partial charge in [0.15, 0.2) is 9.84 Å². The summed E-state index contributed by atoms with van der Waals surface area (Å²) < 4.78 is 26.4. The highest BCUT2D eigenvalue weighted by molar-refractivity contribution is 7.91. The molecular weight excluding hydrogens is 506 g/mol. The highest BCUT2D eigenvalue weighted by Gasteiger charge is 2.34. The van der Waals surface area contributed by atoms with Crippen LogP contribution in [-0.4, -0.2) is 46.6 Å². The number of carbonyl (C=O) groups excluding carboxylic acids is 1. The van der Waals surface area contributed by atoms with Crippen molar-refractivity contribution in [2.45, 2.75) is 38.8 Å². The Morgan fingerprint density at radius 1 is 1.00 bits per heavy atom. The molecule has 0 bridgehead atoms. The van der Waals surface area contributed by atoms with Crippen LogP contribution in [0.3, 0.4) is 0 Å². The maximum Gasteiger partial charge on any atom is 0.247 e. The van der Waals surface area contributed by atoms with E-state index in [2.05, 4.69) is 26.0 Å². The lowest BCUT2D eigenvalue weighted by Crippen LogP contribution is -2.39. The first-order valence-electron chi connectivity index (χ1n) is 13.3. The van der Waals surface area contributed by atoms with E-state index in [1.807, 2.05) is 83.7 Å². The minimum Gasteiger partial charge on any atom is -0.331 e. The lowest BCUT2D eigenvalue weighted by atomic mass is 10.0. The summed E-state index contributed by atoms with van der Waals surface area (Å²) in [7, 11) is -3.15. The lowest BCUT2D eigenvalue weighted by Gasteiger charge is -2.27. The van der Waals surface area contributed by atoms with Crippen molar-refractivity contribution in [2.75, 3.05) is 11.5 Å². The highest BCUT2D eigenvalue weighted by Crippen LogP contribution is 2.26. The summed E-state index contributed by atoms with van der Waals surface area (Å²) in [5.41, 5.74) is 5.64. The van der Waals surface area contributed by atoms with Gasteiger partial charge in [-0.25, -0.2) is 13.1 Å². The van der Waals surface area contributed by atoms with E-state index in [-0.39, 0.29) is 23.5 Å². The Hall–Kier alpha value is -3.97. The smallest absolute Gasteiger partial charge is 0.247 e. The van der Waals surface area contributed by atoms with Crippen LogP contribution in [0.15, 0.2) is 97.2 Å². The van der Waals surface area contributed by atoms with Crippen LogP contribution in [0, 0.1) is 0 Å². The zero-order valence-electron chi connectivity index (χ0n) is 22.3. The van der Waals surface area contributed by atoms with Gasteiger partial charge in [-0.15, -0.1) is 0 Å². The third kappa shape index (κ3) is 6.37. The minimum atomic E-state index is -3.15. The Bertz CT molecular complexity index is 1560. The van der Waals surface area contributed by atoms with Crippen molar-refractivity contribution < 1.29 is 13.2 Å². The Morgan fingerprint density at radius 3 is 2.28 bits per heavy atom. The highest BCUT2D eigenvalue weighted by atomic mass is 32.2. The first-order chi connectivity index (χ1) is 18.8. The van der Waals surface area contributed by atoms with E-state index >= 15 is 0 Å².